The molecule has 0 aliphatic carbocycles. The van der Waals surface area contributed by atoms with Crippen LogP contribution in [0.5, 0.6) is 0 Å². The van der Waals surface area contributed by atoms with Gasteiger partial charge < -0.3 is 5.32 Å². The van der Waals surface area contributed by atoms with E-state index in [-0.39, 0.29) is 11.4 Å². The summed E-state index contributed by atoms with van der Waals surface area (Å²) in [4.78, 5) is 12.0. The summed E-state index contributed by atoms with van der Waals surface area (Å²) in [6.07, 6.45) is 1.18. The molecule has 4 nitrogen and oxygen atoms in total. The number of anilines is 1. The molecular weight excluding hydrogens is 376 g/mol. The monoisotopic (exact) mass is 385 g/mol. The van der Waals surface area contributed by atoms with Crippen molar-refractivity contribution >= 4 is 11.7 Å². The number of nitrogens with zero attached hydrogens (tertiary/aromatic N) is 2. The number of amides is 1. The predicted octanol–water partition coefficient (Wildman–Crippen LogP) is 4.02. The Hall–Kier alpha value is -3.30. The van der Waals surface area contributed by atoms with Crippen molar-refractivity contribution in [1.82, 2.24) is 9.78 Å². The molecule has 10 heteroatoms. The van der Waals surface area contributed by atoms with Crippen LogP contribution in [-0.2, 0) is 6.54 Å². The standard InChI is InChI=1S/C17H9F6N3O/c18-9-3-1-8(2-4-9)17(27)24-11-5-6-26(25-11)7-10-12(19)14(21)16(23)15(22)13(10)20/h1-6H,7H2,(H,24,25,27). The number of benzene rings is 2. The van der Waals surface area contributed by atoms with E-state index in [1.165, 1.54) is 24.4 Å². The van der Waals surface area contributed by atoms with E-state index in [9.17, 15) is 31.1 Å². The quantitative estimate of drug-likeness (QED) is 0.419. The summed E-state index contributed by atoms with van der Waals surface area (Å²) in [7, 11) is 0. The Morgan fingerprint density at radius 2 is 1.41 bits per heavy atom. The van der Waals surface area contributed by atoms with Gasteiger partial charge in [-0.05, 0) is 24.3 Å². The maximum Gasteiger partial charge on any atom is 0.256 e. The lowest BCUT2D eigenvalue weighted by Gasteiger charge is -2.08. The fourth-order valence-corrected chi connectivity index (χ4v) is 2.26. The van der Waals surface area contributed by atoms with Crippen molar-refractivity contribution in [1.29, 1.82) is 0 Å². The van der Waals surface area contributed by atoms with Crippen molar-refractivity contribution in [2.24, 2.45) is 0 Å². The van der Waals surface area contributed by atoms with Crippen LogP contribution in [-0.4, -0.2) is 15.7 Å². The summed E-state index contributed by atoms with van der Waals surface area (Å²) in [5, 5.41) is 6.15. The van der Waals surface area contributed by atoms with Gasteiger partial charge in [0, 0.05) is 17.8 Å². The first kappa shape index (κ1) is 18.5. The SMILES string of the molecule is O=C(Nc1ccn(Cc2c(F)c(F)c(F)c(F)c2F)n1)c1ccc(F)cc1. The molecule has 140 valence electrons. The first-order valence-electron chi connectivity index (χ1n) is 7.38. The summed E-state index contributed by atoms with van der Waals surface area (Å²) in [6, 6.07) is 5.88. The van der Waals surface area contributed by atoms with Crippen LogP contribution < -0.4 is 5.32 Å². The molecular formula is C17H9F6N3O. The lowest BCUT2D eigenvalue weighted by Crippen LogP contribution is -2.14. The summed E-state index contributed by atoms with van der Waals surface area (Å²) in [5.41, 5.74) is -0.934. The average Bonchev–Trinajstić information content (AvgIpc) is 3.09. The third kappa shape index (κ3) is 3.64. The zero-order valence-corrected chi connectivity index (χ0v) is 13.2. The molecule has 0 bridgehead atoms. The van der Waals surface area contributed by atoms with Crippen molar-refractivity contribution in [3.8, 4) is 0 Å². The summed E-state index contributed by atoms with van der Waals surface area (Å²) >= 11 is 0. The van der Waals surface area contributed by atoms with E-state index >= 15 is 0 Å². The van der Waals surface area contributed by atoms with Crippen LogP contribution in [0.15, 0.2) is 36.5 Å². The van der Waals surface area contributed by atoms with Crippen LogP contribution in [0, 0.1) is 34.9 Å². The number of halogens is 6. The van der Waals surface area contributed by atoms with Crippen LogP contribution in [0.3, 0.4) is 0 Å². The average molecular weight is 385 g/mol. The second kappa shape index (κ2) is 7.14. The minimum absolute atomic E-state index is 0.0341. The smallest absolute Gasteiger partial charge is 0.256 e. The molecule has 0 saturated carbocycles. The van der Waals surface area contributed by atoms with Crippen LogP contribution in [0.4, 0.5) is 32.2 Å². The summed E-state index contributed by atoms with van der Waals surface area (Å²) in [6.45, 7) is -0.752. The van der Waals surface area contributed by atoms with Crippen LogP contribution in [0.25, 0.3) is 0 Å². The highest BCUT2D eigenvalue weighted by Gasteiger charge is 2.25. The van der Waals surface area contributed by atoms with Gasteiger partial charge in [0.05, 0.1) is 12.1 Å². The highest BCUT2D eigenvalue weighted by molar-refractivity contribution is 6.03. The number of rotatable bonds is 4. The normalized spacial score (nSPS) is 10.9. The Morgan fingerprint density at radius 3 is 2.00 bits per heavy atom. The molecule has 3 aromatic rings. The number of aromatic nitrogens is 2. The van der Waals surface area contributed by atoms with Crippen LogP contribution in [0.2, 0.25) is 0 Å². The Bertz CT molecular complexity index is 987. The Kier molecular flexibility index (Phi) is 4.89. The minimum atomic E-state index is -2.25. The van der Waals surface area contributed by atoms with E-state index in [0.29, 0.717) is 0 Å². The molecule has 0 atom stereocenters. The second-order valence-corrected chi connectivity index (χ2v) is 5.41. The van der Waals surface area contributed by atoms with Gasteiger partial charge in [0.2, 0.25) is 5.82 Å². The van der Waals surface area contributed by atoms with Gasteiger partial charge >= 0.3 is 0 Å². The predicted molar refractivity (Wildman–Crippen MR) is 81.9 cm³/mol. The van der Waals surface area contributed by atoms with E-state index in [4.69, 9.17) is 0 Å². The highest BCUT2D eigenvalue weighted by atomic mass is 19.2. The zero-order chi connectivity index (χ0) is 19.7. The molecule has 1 N–H and O–H groups in total. The number of hydrogen-bond acceptors (Lipinski definition) is 2. The molecule has 0 radical (unpaired) electrons. The first-order chi connectivity index (χ1) is 12.8. The van der Waals surface area contributed by atoms with Crippen LogP contribution >= 0.6 is 0 Å². The van der Waals surface area contributed by atoms with Crippen molar-refractivity contribution in [3.63, 3.8) is 0 Å². The van der Waals surface area contributed by atoms with Gasteiger partial charge in [-0.1, -0.05) is 0 Å². The lowest BCUT2D eigenvalue weighted by molar-refractivity contribution is 0.102. The Labute approximate surface area is 148 Å². The summed E-state index contributed by atoms with van der Waals surface area (Å²) in [5.74, 6) is -11.5. The fraction of sp³-hybridized carbons (Fsp3) is 0.0588. The molecule has 0 aliphatic heterocycles. The molecule has 27 heavy (non-hydrogen) atoms. The molecule has 0 saturated heterocycles. The maximum atomic E-state index is 13.7. The van der Waals surface area contributed by atoms with Gasteiger partial charge in [0.15, 0.2) is 29.1 Å². The van der Waals surface area contributed by atoms with E-state index < -0.39 is 52.9 Å². The molecule has 0 aliphatic rings. The molecule has 0 spiro atoms. The van der Waals surface area contributed by atoms with Crippen LogP contribution in [0.1, 0.15) is 15.9 Å². The number of carbonyl (C=O) groups excluding carboxylic acids is 1. The van der Waals surface area contributed by atoms with E-state index in [1.54, 1.807) is 0 Å². The zero-order valence-electron chi connectivity index (χ0n) is 13.2. The van der Waals surface area contributed by atoms with E-state index in [1.807, 2.05) is 0 Å². The third-order valence-electron chi connectivity index (χ3n) is 3.61. The second-order valence-electron chi connectivity index (χ2n) is 5.41. The fourth-order valence-electron chi connectivity index (χ4n) is 2.26. The molecule has 0 unspecified atom stereocenters. The van der Waals surface area contributed by atoms with Gasteiger partial charge in [0.1, 0.15) is 5.82 Å². The van der Waals surface area contributed by atoms with Gasteiger partial charge in [-0.15, -0.1) is 0 Å². The molecule has 1 aromatic heterocycles. The van der Waals surface area contributed by atoms with Gasteiger partial charge in [-0.25, -0.2) is 26.3 Å². The first-order valence-corrected chi connectivity index (χ1v) is 7.38. The van der Waals surface area contributed by atoms with E-state index in [0.717, 1.165) is 16.8 Å². The van der Waals surface area contributed by atoms with Crippen molar-refractivity contribution in [2.45, 2.75) is 6.54 Å². The van der Waals surface area contributed by atoms with Gasteiger partial charge in [0.25, 0.3) is 5.91 Å². The topological polar surface area (TPSA) is 46.9 Å². The molecule has 0 fully saturated rings. The Balaban J connectivity index is 1.79. The third-order valence-corrected chi connectivity index (χ3v) is 3.61. The van der Waals surface area contributed by atoms with Crippen molar-refractivity contribution in [3.05, 3.63) is 82.6 Å². The van der Waals surface area contributed by atoms with Gasteiger partial charge in [-0.2, -0.15) is 5.10 Å². The molecule has 2 aromatic carbocycles. The molecule has 3 rings (SSSR count). The minimum Gasteiger partial charge on any atom is -0.305 e. The Morgan fingerprint density at radius 1 is 0.852 bits per heavy atom. The number of carbonyl (C=O) groups is 1. The van der Waals surface area contributed by atoms with Crippen molar-refractivity contribution < 1.29 is 31.1 Å². The number of hydrogen-bond donors (Lipinski definition) is 1. The summed E-state index contributed by atoms with van der Waals surface area (Å²) < 4.78 is 80.6. The maximum absolute atomic E-state index is 13.7. The lowest BCUT2D eigenvalue weighted by atomic mass is 10.1. The van der Waals surface area contributed by atoms with Gasteiger partial charge in [-0.3, -0.25) is 9.48 Å². The molecule has 1 heterocycles. The largest absolute Gasteiger partial charge is 0.305 e. The van der Waals surface area contributed by atoms with E-state index in [2.05, 4.69) is 10.4 Å². The highest BCUT2D eigenvalue weighted by Crippen LogP contribution is 2.23. The number of nitrogens with one attached hydrogen (secondary N) is 1. The van der Waals surface area contributed by atoms with Crippen molar-refractivity contribution in [2.75, 3.05) is 5.32 Å². The molecule has 1 amide bonds.